The van der Waals surface area contributed by atoms with E-state index in [2.05, 4.69) is 0 Å². The van der Waals surface area contributed by atoms with E-state index in [1.165, 1.54) is 12.1 Å². The second kappa shape index (κ2) is 6.47. The molecule has 2 aromatic carbocycles. The lowest BCUT2D eigenvalue weighted by molar-refractivity contribution is 0.143. The van der Waals surface area contributed by atoms with Gasteiger partial charge in [-0.25, -0.2) is 13.2 Å². The van der Waals surface area contributed by atoms with Gasteiger partial charge in [-0.05, 0) is 29.8 Å². The van der Waals surface area contributed by atoms with Crippen LogP contribution in [0.5, 0.6) is 0 Å². The van der Waals surface area contributed by atoms with Crippen LogP contribution in [0.2, 0.25) is 5.02 Å². The summed E-state index contributed by atoms with van der Waals surface area (Å²) in [5, 5.41) is 10.5. The van der Waals surface area contributed by atoms with Crippen molar-refractivity contribution in [3.8, 4) is 0 Å². The molecule has 21 heavy (non-hydrogen) atoms. The number of aliphatic hydroxyl groups is 1. The molecule has 3 N–H and O–H groups in total. The maximum Gasteiger partial charge on any atom is 0.130 e. The lowest BCUT2D eigenvalue weighted by atomic mass is 9.89. The zero-order valence-electron chi connectivity index (χ0n) is 10.9. The van der Waals surface area contributed by atoms with Crippen molar-refractivity contribution >= 4 is 11.6 Å². The molecule has 0 aliphatic heterocycles. The third kappa shape index (κ3) is 3.56. The van der Waals surface area contributed by atoms with Crippen LogP contribution in [-0.4, -0.2) is 11.7 Å². The highest BCUT2D eigenvalue weighted by Gasteiger charge is 2.25. The van der Waals surface area contributed by atoms with Crippen molar-refractivity contribution in [2.75, 3.05) is 6.54 Å². The zero-order chi connectivity index (χ0) is 15.6. The minimum absolute atomic E-state index is 0.0282. The summed E-state index contributed by atoms with van der Waals surface area (Å²) in [4.78, 5) is 0. The molecule has 0 saturated carbocycles. The molecule has 2 nitrogen and oxygen atoms in total. The van der Waals surface area contributed by atoms with Gasteiger partial charge in [-0.1, -0.05) is 17.7 Å². The van der Waals surface area contributed by atoms with Crippen LogP contribution in [0.1, 0.15) is 23.1 Å². The standard InChI is InChI=1S/C15H13ClF3NO/c16-9-1-2-12(14(19)5-9)15(21)13(7-20)8-3-10(17)6-11(18)4-8/h1-6,13,15,21H,7,20H2. The maximum atomic E-state index is 13.8. The molecule has 112 valence electrons. The fraction of sp³-hybridized carbons (Fsp3) is 0.200. The second-order valence-corrected chi connectivity index (χ2v) is 5.09. The van der Waals surface area contributed by atoms with E-state index in [-0.39, 0.29) is 22.7 Å². The quantitative estimate of drug-likeness (QED) is 0.906. The summed E-state index contributed by atoms with van der Waals surface area (Å²) in [6.45, 7) is -0.105. The Morgan fingerprint density at radius 3 is 2.19 bits per heavy atom. The predicted molar refractivity (Wildman–Crippen MR) is 74.5 cm³/mol. The van der Waals surface area contributed by atoms with Gasteiger partial charge < -0.3 is 10.8 Å². The summed E-state index contributed by atoms with van der Waals surface area (Å²) in [5.74, 6) is -3.12. The van der Waals surface area contributed by atoms with Crippen molar-refractivity contribution in [1.29, 1.82) is 0 Å². The van der Waals surface area contributed by atoms with E-state index >= 15 is 0 Å². The van der Waals surface area contributed by atoms with Gasteiger partial charge in [0.25, 0.3) is 0 Å². The van der Waals surface area contributed by atoms with E-state index in [9.17, 15) is 18.3 Å². The molecule has 0 saturated heterocycles. The monoisotopic (exact) mass is 315 g/mol. The molecule has 0 heterocycles. The molecule has 2 aromatic rings. The number of rotatable bonds is 4. The van der Waals surface area contributed by atoms with Gasteiger partial charge in [0.05, 0.1) is 6.10 Å². The molecule has 0 aromatic heterocycles. The average Bonchev–Trinajstić information content (AvgIpc) is 2.38. The molecule has 2 unspecified atom stereocenters. The first-order chi connectivity index (χ1) is 9.92. The minimum atomic E-state index is -1.34. The summed E-state index contributed by atoms with van der Waals surface area (Å²) >= 11 is 5.65. The molecular formula is C15H13ClF3NO. The average molecular weight is 316 g/mol. The molecule has 2 atom stereocenters. The largest absolute Gasteiger partial charge is 0.388 e. The Balaban J connectivity index is 2.40. The van der Waals surface area contributed by atoms with Crippen molar-refractivity contribution in [3.05, 3.63) is 70.0 Å². The zero-order valence-corrected chi connectivity index (χ0v) is 11.6. The second-order valence-electron chi connectivity index (χ2n) is 4.66. The van der Waals surface area contributed by atoms with Crippen molar-refractivity contribution in [2.45, 2.75) is 12.0 Å². The van der Waals surface area contributed by atoms with Gasteiger partial charge in [0, 0.05) is 29.1 Å². The van der Waals surface area contributed by atoms with Gasteiger partial charge in [0.1, 0.15) is 17.5 Å². The van der Waals surface area contributed by atoms with Crippen molar-refractivity contribution in [1.82, 2.24) is 0 Å². The first kappa shape index (κ1) is 15.8. The van der Waals surface area contributed by atoms with Crippen LogP contribution in [0.25, 0.3) is 0 Å². The highest BCUT2D eigenvalue weighted by molar-refractivity contribution is 6.30. The smallest absolute Gasteiger partial charge is 0.130 e. The summed E-state index contributed by atoms with van der Waals surface area (Å²) in [5.41, 5.74) is 5.71. The lowest BCUT2D eigenvalue weighted by Gasteiger charge is -2.23. The van der Waals surface area contributed by atoms with Crippen LogP contribution in [0.15, 0.2) is 36.4 Å². The summed E-state index contributed by atoms with van der Waals surface area (Å²) in [7, 11) is 0. The van der Waals surface area contributed by atoms with Crippen LogP contribution in [0.4, 0.5) is 13.2 Å². The Morgan fingerprint density at radius 1 is 1.05 bits per heavy atom. The van der Waals surface area contributed by atoms with E-state index in [1.807, 2.05) is 0 Å². The number of hydrogen-bond acceptors (Lipinski definition) is 2. The summed E-state index contributed by atoms with van der Waals surface area (Å²) in [6, 6.07) is 6.64. The number of nitrogens with two attached hydrogens (primary N) is 1. The Labute approximate surface area is 125 Å². The molecule has 2 rings (SSSR count). The summed E-state index contributed by atoms with van der Waals surface area (Å²) < 4.78 is 40.4. The lowest BCUT2D eigenvalue weighted by Crippen LogP contribution is -2.21. The van der Waals surface area contributed by atoms with Gasteiger partial charge in [0.15, 0.2) is 0 Å². The first-order valence-corrected chi connectivity index (χ1v) is 6.59. The Morgan fingerprint density at radius 2 is 1.67 bits per heavy atom. The molecule has 0 fully saturated rings. The van der Waals surface area contributed by atoms with Crippen LogP contribution in [0, 0.1) is 17.5 Å². The van der Waals surface area contributed by atoms with Crippen molar-refractivity contribution in [2.24, 2.45) is 5.73 Å². The Hall–Kier alpha value is -1.56. The number of halogens is 4. The van der Waals surface area contributed by atoms with Crippen LogP contribution >= 0.6 is 11.6 Å². The topological polar surface area (TPSA) is 46.2 Å². The fourth-order valence-electron chi connectivity index (χ4n) is 2.19. The van der Waals surface area contributed by atoms with E-state index < -0.39 is 29.5 Å². The maximum absolute atomic E-state index is 13.8. The molecule has 0 aliphatic rings. The first-order valence-electron chi connectivity index (χ1n) is 6.21. The molecule has 0 bridgehead atoms. The minimum Gasteiger partial charge on any atom is -0.388 e. The Kier molecular flexibility index (Phi) is 4.88. The van der Waals surface area contributed by atoms with E-state index in [4.69, 9.17) is 17.3 Å². The van der Waals surface area contributed by atoms with Gasteiger partial charge in [-0.15, -0.1) is 0 Å². The summed E-state index contributed by atoms with van der Waals surface area (Å²) in [6.07, 6.45) is -1.34. The van der Waals surface area contributed by atoms with Crippen molar-refractivity contribution < 1.29 is 18.3 Å². The fourth-order valence-corrected chi connectivity index (χ4v) is 2.35. The number of benzene rings is 2. The normalized spacial score (nSPS) is 14.0. The van der Waals surface area contributed by atoms with Gasteiger partial charge in [-0.3, -0.25) is 0 Å². The third-order valence-electron chi connectivity index (χ3n) is 3.23. The highest BCUT2D eigenvalue weighted by Crippen LogP contribution is 2.33. The van der Waals surface area contributed by atoms with E-state index in [0.717, 1.165) is 18.2 Å². The molecule has 0 aliphatic carbocycles. The molecule has 0 amide bonds. The van der Waals surface area contributed by atoms with Gasteiger partial charge in [-0.2, -0.15) is 0 Å². The SMILES string of the molecule is NCC(c1cc(F)cc(F)c1)C(O)c1ccc(Cl)cc1F. The van der Waals surface area contributed by atoms with Gasteiger partial charge >= 0.3 is 0 Å². The molecule has 0 radical (unpaired) electrons. The van der Waals surface area contributed by atoms with Crippen molar-refractivity contribution in [3.63, 3.8) is 0 Å². The highest BCUT2D eigenvalue weighted by atomic mass is 35.5. The molecule has 0 spiro atoms. The van der Waals surface area contributed by atoms with E-state index in [1.54, 1.807) is 0 Å². The van der Waals surface area contributed by atoms with Gasteiger partial charge in [0.2, 0.25) is 0 Å². The van der Waals surface area contributed by atoms with E-state index in [0.29, 0.717) is 6.07 Å². The predicted octanol–water partition coefficient (Wildman–Crippen LogP) is 3.53. The Bertz CT molecular complexity index is 631. The molecule has 6 heteroatoms. The molecular weight excluding hydrogens is 303 g/mol. The third-order valence-corrected chi connectivity index (χ3v) is 3.46. The van der Waals surface area contributed by atoms with Crippen LogP contribution in [0.3, 0.4) is 0 Å². The number of aliphatic hydroxyl groups excluding tert-OH is 1. The number of hydrogen-bond donors (Lipinski definition) is 2. The van der Waals surface area contributed by atoms with Crippen LogP contribution < -0.4 is 5.73 Å². The van der Waals surface area contributed by atoms with Crippen LogP contribution in [-0.2, 0) is 0 Å².